The van der Waals surface area contributed by atoms with Crippen LogP contribution in [0.25, 0.3) is 0 Å². The van der Waals surface area contributed by atoms with Gasteiger partial charge in [0.05, 0.1) is 17.0 Å². The van der Waals surface area contributed by atoms with E-state index in [1.165, 1.54) is 11.0 Å². The van der Waals surface area contributed by atoms with Crippen molar-refractivity contribution in [1.82, 2.24) is 10.2 Å². The summed E-state index contributed by atoms with van der Waals surface area (Å²) in [6, 6.07) is 10.2. The summed E-state index contributed by atoms with van der Waals surface area (Å²) in [4.78, 5) is 28.0. The van der Waals surface area contributed by atoms with Crippen LogP contribution in [0.2, 0.25) is 5.02 Å². The van der Waals surface area contributed by atoms with Crippen LogP contribution in [0.4, 0.5) is 10.1 Å². The first-order valence-electron chi connectivity index (χ1n) is 11.5. The van der Waals surface area contributed by atoms with Crippen LogP contribution in [0.5, 0.6) is 0 Å². The van der Waals surface area contributed by atoms with Crippen molar-refractivity contribution >= 4 is 39.1 Å². The van der Waals surface area contributed by atoms with E-state index in [0.717, 1.165) is 46.7 Å². The Kier molecular flexibility index (Phi) is 10.5. The fourth-order valence-electron chi connectivity index (χ4n) is 3.69. The molecule has 1 N–H and O–H groups in total. The van der Waals surface area contributed by atoms with E-state index in [0.29, 0.717) is 13.0 Å². The van der Waals surface area contributed by atoms with Crippen molar-refractivity contribution in [3.05, 3.63) is 64.4 Å². The quantitative estimate of drug-likeness (QED) is 0.419. The number of unbranched alkanes of at least 4 members (excludes halogenated alkanes) is 1. The molecule has 0 aliphatic rings. The van der Waals surface area contributed by atoms with Gasteiger partial charge in [-0.1, -0.05) is 61.7 Å². The number of carbonyl (C=O) groups is 2. The largest absolute Gasteiger partial charge is 0.354 e. The van der Waals surface area contributed by atoms with Crippen molar-refractivity contribution in [3.63, 3.8) is 0 Å². The normalized spacial score (nSPS) is 12.2. The molecule has 0 aliphatic heterocycles. The summed E-state index contributed by atoms with van der Waals surface area (Å²) in [6.45, 7) is 5.79. The minimum Gasteiger partial charge on any atom is -0.354 e. The monoisotopic (exact) mass is 525 g/mol. The zero-order chi connectivity index (χ0) is 26.2. The van der Waals surface area contributed by atoms with Crippen molar-refractivity contribution in [3.8, 4) is 0 Å². The average Bonchev–Trinajstić information content (AvgIpc) is 2.78. The first-order chi connectivity index (χ1) is 16.5. The molecule has 35 heavy (non-hydrogen) atoms. The second-order valence-corrected chi connectivity index (χ2v) is 10.8. The van der Waals surface area contributed by atoms with Crippen LogP contribution < -0.4 is 9.62 Å². The fourth-order valence-corrected chi connectivity index (χ4v) is 4.70. The Morgan fingerprint density at radius 2 is 1.86 bits per heavy atom. The molecule has 2 amide bonds. The van der Waals surface area contributed by atoms with E-state index in [-0.39, 0.29) is 23.2 Å². The molecule has 0 spiro atoms. The van der Waals surface area contributed by atoms with E-state index < -0.39 is 34.3 Å². The van der Waals surface area contributed by atoms with Crippen LogP contribution in [0.3, 0.4) is 0 Å². The average molecular weight is 526 g/mol. The second kappa shape index (κ2) is 12.9. The molecule has 2 aromatic rings. The molecule has 192 valence electrons. The predicted octanol–water partition coefficient (Wildman–Crippen LogP) is 4.28. The number of hydrogen-bond acceptors (Lipinski definition) is 4. The summed E-state index contributed by atoms with van der Waals surface area (Å²) in [5, 5.41) is 2.61. The number of amides is 2. The maximum absolute atomic E-state index is 13.7. The first kappa shape index (κ1) is 28.6. The van der Waals surface area contributed by atoms with Gasteiger partial charge < -0.3 is 10.2 Å². The molecule has 0 bridgehead atoms. The van der Waals surface area contributed by atoms with Crippen molar-refractivity contribution in [2.45, 2.75) is 52.6 Å². The van der Waals surface area contributed by atoms with Crippen molar-refractivity contribution in [2.75, 3.05) is 23.7 Å². The van der Waals surface area contributed by atoms with E-state index in [1.54, 1.807) is 6.92 Å². The number of rotatable bonds is 12. The van der Waals surface area contributed by atoms with Crippen LogP contribution in [0.1, 0.15) is 44.2 Å². The SMILES string of the molecule is CCCCNC(=O)C(CC)N(Cc1cccc(C)c1)C(=O)CN(c1ccc(F)c(Cl)c1)S(C)(=O)=O. The number of sulfonamides is 1. The lowest BCUT2D eigenvalue weighted by Gasteiger charge is -2.33. The molecule has 0 saturated carbocycles. The summed E-state index contributed by atoms with van der Waals surface area (Å²) < 4.78 is 39.7. The van der Waals surface area contributed by atoms with Crippen LogP contribution in [0.15, 0.2) is 42.5 Å². The minimum atomic E-state index is -3.92. The van der Waals surface area contributed by atoms with Crippen LogP contribution in [-0.2, 0) is 26.2 Å². The highest BCUT2D eigenvalue weighted by Gasteiger charge is 2.31. The predicted molar refractivity (Wildman–Crippen MR) is 137 cm³/mol. The lowest BCUT2D eigenvalue weighted by Crippen LogP contribution is -2.52. The van der Waals surface area contributed by atoms with Gasteiger partial charge in [0.1, 0.15) is 18.4 Å². The highest BCUT2D eigenvalue weighted by atomic mass is 35.5. The highest BCUT2D eigenvalue weighted by Crippen LogP contribution is 2.25. The first-order valence-corrected chi connectivity index (χ1v) is 13.8. The van der Waals surface area contributed by atoms with Crippen molar-refractivity contribution < 1.29 is 22.4 Å². The summed E-state index contributed by atoms with van der Waals surface area (Å²) in [6.07, 6.45) is 3.02. The maximum atomic E-state index is 13.7. The third-order valence-corrected chi connectivity index (χ3v) is 6.95. The minimum absolute atomic E-state index is 0.0585. The molecule has 7 nitrogen and oxygen atoms in total. The summed E-state index contributed by atoms with van der Waals surface area (Å²) in [7, 11) is -3.92. The Morgan fingerprint density at radius 3 is 2.43 bits per heavy atom. The Labute approximate surface area is 212 Å². The van der Waals surface area contributed by atoms with Gasteiger partial charge in [0.15, 0.2) is 0 Å². The number of halogens is 2. The molecular weight excluding hydrogens is 493 g/mol. The number of hydrogen-bond donors (Lipinski definition) is 1. The summed E-state index contributed by atoms with van der Waals surface area (Å²) >= 11 is 5.86. The van der Waals surface area contributed by atoms with E-state index in [1.807, 2.05) is 38.1 Å². The Bertz CT molecular complexity index is 1140. The molecule has 0 heterocycles. The standard InChI is InChI=1S/C25H33ClFN3O4S/c1-5-7-13-28-25(32)23(6-2)29(16-19-10-8-9-18(3)14-19)24(31)17-30(35(4,33)34)20-11-12-22(27)21(26)15-20/h8-12,14-15,23H,5-7,13,16-17H2,1-4H3,(H,28,32). The topological polar surface area (TPSA) is 86.8 Å². The van der Waals surface area contributed by atoms with Crippen LogP contribution in [0, 0.1) is 12.7 Å². The van der Waals surface area contributed by atoms with Gasteiger partial charge >= 0.3 is 0 Å². The van der Waals surface area contributed by atoms with E-state index in [4.69, 9.17) is 11.6 Å². The van der Waals surface area contributed by atoms with Crippen molar-refractivity contribution in [2.24, 2.45) is 0 Å². The molecule has 1 atom stereocenters. The molecule has 0 fully saturated rings. The number of nitrogens with zero attached hydrogens (tertiary/aromatic N) is 2. The van der Waals surface area contributed by atoms with Gasteiger partial charge in [0.25, 0.3) is 0 Å². The number of nitrogens with one attached hydrogen (secondary N) is 1. The number of benzene rings is 2. The van der Waals surface area contributed by atoms with Crippen LogP contribution in [-0.4, -0.2) is 50.5 Å². The molecule has 10 heteroatoms. The highest BCUT2D eigenvalue weighted by molar-refractivity contribution is 7.92. The Balaban J connectivity index is 2.42. The lowest BCUT2D eigenvalue weighted by atomic mass is 10.1. The van der Waals surface area contributed by atoms with Gasteiger partial charge in [0, 0.05) is 13.1 Å². The van der Waals surface area contributed by atoms with Gasteiger partial charge in [-0.25, -0.2) is 12.8 Å². The van der Waals surface area contributed by atoms with Crippen molar-refractivity contribution in [1.29, 1.82) is 0 Å². The number of anilines is 1. The van der Waals surface area contributed by atoms with Gasteiger partial charge in [-0.3, -0.25) is 13.9 Å². The molecular formula is C25H33ClFN3O4S. The molecule has 2 aromatic carbocycles. The van der Waals surface area contributed by atoms with E-state index in [9.17, 15) is 22.4 Å². The molecule has 2 rings (SSSR count). The zero-order valence-corrected chi connectivity index (χ0v) is 22.1. The van der Waals surface area contributed by atoms with Gasteiger partial charge in [-0.2, -0.15) is 0 Å². The lowest BCUT2D eigenvalue weighted by molar-refractivity contribution is -0.140. The molecule has 1 unspecified atom stereocenters. The van der Waals surface area contributed by atoms with Crippen LogP contribution >= 0.6 is 11.6 Å². The fraction of sp³-hybridized carbons (Fsp3) is 0.440. The molecule has 0 aromatic heterocycles. The van der Waals surface area contributed by atoms with Gasteiger partial charge in [-0.15, -0.1) is 0 Å². The molecule has 0 aliphatic carbocycles. The summed E-state index contributed by atoms with van der Waals surface area (Å²) in [5.41, 5.74) is 1.87. The third kappa shape index (κ3) is 8.21. The smallest absolute Gasteiger partial charge is 0.244 e. The van der Waals surface area contributed by atoms with Gasteiger partial charge in [-0.05, 0) is 43.5 Å². The molecule has 0 saturated heterocycles. The Hall–Kier alpha value is -2.65. The third-order valence-electron chi connectivity index (χ3n) is 5.52. The van der Waals surface area contributed by atoms with E-state index in [2.05, 4.69) is 5.32 Å². The Morgan fingerprint density at radius 1 is 1.14 bits per heavy atom. The van der Waals surface area contributed by atoms with E-state index >= 15 is 0 Å². The number of aryl methyl sites for hydroxylation is 1. The second-order valence-electron chi connectivity index (χ2n) is 8.45. The molecule has 0 radical (unpaired) electrons. The maximum Gasteiger partial charge on any atom is 0.244 e. The zero-order valence-electron chi connectivity index (χ0n) is 20.6. The number of carbonyl (C=O) groups excluding carboxylic acids is 2. The van der Waals surface area contributed by atoms with Gasteiger partial charge in [0.2, 0.25) is 21.8 Å². The summed E-state index contributed by atoms with van der Waals surface area (Å²) in [5.74, 6) is -1.56.